The maximum Gasteiger partial charge on any atom is 0.269 e. The Balaban J connectivity index is 2.02. The Bertz CT molecular complexity index is 492. The van der Waals surface area contributed by atoms with Crippen LogP contribution in [0.2, 0.25) is 0 Å². The molecule has 8 heteroatoms. The van der Waals surface area contributed by atoms with E-state index in [0.29, 0.717) is 19.5 Å². The molecular weight excluding hydrogens is 250 g/mol. The summed E-state index contributed by atoms with van der Waals surface area (Å²) < 4.78 is 0. The lowest BCUT2D eigenvalue weighted by atomic mass is 9.94. The van der Waals surface area contributed by atoms with Crippen LogP contribution in [0, 0.1) is 0 Å². The van der Waals surface area contributed by atoms with E-state index in [9.17, 15) is 14.7 Å². The highest BCUT2D eigenvalue weighted by Crippen LogP contribution is 2.19. The van der Waals surface area contributed by atoms with Crippen LogP contribution in [0.3, 0.4) is 0 Å². The largest absolute Gasteiger partial charge is 0.386 e. The van der Waals surface area contributed by atoms with Gasteiger partial charge in [-0.05, 0) is 19.9 Å². The second-order valence-corrected chi connectivity index (χ2v) is 4.76. The fraction of sp³-hybridized carbons (Fsp3) is 0.545. The van der Waals surface area contributed by atoms with Crippen LogP contribution in [0.1, 0.15) is 34.3 Å². The summed E-state index contributed by atoms with van der Waals surface area (Å²) in [5, 5.41) is 22.1. The second kappa shape index (κ2) is 4.98. The molecule has 0 bridgehead atoms. The van der Waals surface area contributed by atoms with E-state index in [4.69, 9.17) is 5.73 Å². The van der Waals surface area contributed by atoms with Crippen LogP contribution in [0.25, 0.3) is 0 Å². The lowest BCUT2D eigenvalue weighted by Gasteiger charge is -2.29. The molecule has 1 saturated heterocycles. The molecule has 0 aromatic carbocycles. The Morgan fingerprint density at radius 1 is 1.63 bits per heavy atom. The number of carbonyl (C=O) groups excluding carboxylic acids is 2. The lowest BCUT2D eigenvalue weighted by molar-refractivity contribution is 0.0256. The van der Waals surface area contributed by atoms with Crippen LogP contribution in [-0.4, -0.2) is 51.9 Å². The number of H-pyrrole nitrogens is 1. The number of rotatable bonds is 4. The van der Waals surface area contributed by atoms with Gasteiger partial charge in [0, 0.05) is 12.6 Å². The number of amides is 2. The van der Waals surface area contributed by atoms with E-state index < -0.39 is 23.5 Å². The van der Waals surface area contributed by atoms with E-state index >= 15 is 0 Å². The Hall–Kier alpha value is -1.93. The van der Waals surface area contributed by atoms with E-state index in [1.54, 1.807) is 6.92 Å². The number of aromatic nitrogens is 2. The summed E-state index contributed by atoms with van der Waals surface area (Å²) in [5.41, 5.74) is 4.23. The van der Waals surface area contributed by atoms with Crippen molar-refractivity contribution in [1.29, 1.82) is 0 Å². The van der Waals surface area contributed by atoms with Gasteiger partial charge in [-0.3, -0.25) is 14.7 Å². The zero-order valence-electron chi connectivity index (χ0n) is 10.6. The molecule has 2 amide bonds. The summed E-state index contributed by atoms with van der Waals surface area (Å²) in [4.78, 5) is 22.8. The number of β-amino-alcohol motifs (C(OH)–C–C–N with tert-alkyl or cyclic N) is 1. The van der Waals surface area contributed by atoms with Crippen LogP contribution in [0.15, 0.2) is 6.07 Å². The molecule has 0 aliphatic carbocycles. The summed E-state index contributed by atoms with van der Waals surface area (Å²) in [6.07, 6.45) is 0.573. The van der Waals surface area contributed by atoms with Crippen molar-refractivity contribution in [1.82, 2.24) is 20.8 Å². The molecule has 2 atom stereocenters. The van der Waals surface area contributed by atoms with Gasteiger partial charge in [0.25, 0.3) is 11.8 Å². The Labute approximate surface area is 109 Å². The van der Waals surface area contributed by atoms with Crippen LogP contribution < -0.4 is 16.4 Å². The molecule has 1 fully saturated rings. The molecule has 1 aliphatic heterocycles. The number of nitrogens with two attached hydrogens (primary N) is 1. The molecule has 0 saturated carbocycles. The van der Waals surface area contributed by atoms with Crippen LogP contribution in [0.5, 0.6) is 0 Å². The van der Waals surface area contributed by atoms with E-state index in [1.807, 2.05) is 0 Å². The van der Waals surface area contributed by atoms with Gasteiger partial charge in [0.1, 0.15) is 5.69 Å². The molecule has 0 radical (unpaired) electrons. The molecule has 2 heterocycles. The number of aromatic amines is 1. The van der Waals surface area contributed by atoms with Crippen molar-refractivity contribution in [3.63, 3.8) is 0 Å². The molecule has 1 aromatic rings. The zero-order valence-corrected chi connectivity index (χ0v) is 10.6. The predicted molar refractivity (Wildman–Crippen MR) is 66.5 cm³/mol. The number of primary amides is 1. The quantitative estimate of drug-likeness (QED) is 0.446. The van der Waals surface area contributed by atoms with Crippen molar-refractivity contribution in [3.05, 3.63) is 17.5 Å². The summed E-state index contributed by atoms with van der Waals surface area (Å²) >= 11 is 0. The van der Waals surface area contributed by atoms with Crippen molar-refractivity contribution in [2.75, 3.05) is 13.1 Å². The first kappa shape index (κ1) is 13.5. The number of hydrogen-bond acceptors (Lipinski definition) is 5. The van der Waals surface area contributed by atoms with Gasteiger partial charge in [-0.2, -0.15) is 5.10 Å². The lowest BCUT2D eigenvalue weighted by Crippen LogP contribution is -2.52. The minimum atomic E-state index is -0.956. The number of aliphatic hydroxyl groups is 1. The van der Waals surface area contributed by atoms with E-state index in [-0.39, 0.29) is 11.4 Å². The van der Waals surface area contributed by atoms with Crippen LogP contribution in [0.4, 0.5) is 0 Å². The average molecular weight is 267 g/mol. The van der Waals surface area contributed by atoms with Gasteiger partial charge >= 0.3 is 0 Å². The minimum absolute atomic E-state index is 0.000882. The van der Waals surface area contributed by atoms with Gasteiger partial charge in [0.2, 0.25) is 0 Å². The molecular formula is C11H17N5O3. The molecule has 8 nitrogen and oxygen atoms in total. The number of nitrogens with one attached hydrogen (secondary N) is 3. The summed E-state index contributed by atoms with van der Waals surface area (Å²) in [6, 6.07) is 0.858. The smallest absolute Gasteiger partial charge is 0.269 e. The summed E-state index contributed by atoms with van der Waals surface area (Å²) in [6.45, 7) is 2.88. The molecule has 1 aromatic heterocycles. The van der Waals surface area contributed by atoms with E-state index in [0.717, 1.165) is 0 Å². The van der Waals surface area contributed by atoms with Gasteiger partial charge in [-0.1, -0.05) is 0 Å². The monoisotopic (exact) mass is 267 g/mol. The van der Waals surface area contributed by atoms with Gasteiger partial charge in [-0.15, -0.1) is 0 Å². The first-order chi connectivity index (χ1) is 8.92. The average Bonchev–Trinajstić information content (AvgIpc) is 2.97. The molecule has 1 aliphatic rings. The molecule has 2 unspecified atom stereocenters. The van der Waals surface area contributed by atoms with E-state index in [1.165, 1.54) is 6.07 Å². The van der Waals surface area contributed by atoms with E-state index in [2.05, 4.69) is 20.8 Å². The van der Waals surface area contributed by atoms with Gasteiger partial charge < -0.3 is 21.5 Å². The van der Waals surface area contributed by atoms with Gasteiger partial charge in [0.15, 0.2) is 5.69 Å². The normalized spacial score (nSPS) is 24.1. The van der Waals surface area contributed by atoms with Crippen molar-refractivity contribution in [3.8, 4) is 0 Å². The standard InChI is InChI=1S/C11H17N5O3/c1-6(11(19)2-3-13-5-11)14-10(18)8-4-7(9(12)17)15-16-8/h4,6,13,19H,2-3,5H2,1H3,(H2,12,17)(H,14,18)(H,15,16). The van der Waals surface area contributed by atoms with Gasteiger partial charge in [-0.25, -0.2) is 0 Å². The fourth-order valence-electron chi connectivity index (χ4n) is 2.04. The highest BCUT2D eigenvalue weighted by molar-refractivity contribution is 5.97. The molecule has 6 N–H and O–H groups in total. The second-order valence-electron chi connectivity index (χ2n) is 4.76. The maximum absolute atomic E-state index is 11.9. The van der Waals surface area contributed by atoms with Crippen molar-refractivity contribution in [2.45, 2.75) is 25.0 Å². The number of hydrogen-bond donors (Lipinski definition) is 5. The zero-order chi connectivity index (χ0) is 14.0. The Morgan fingerprint density at radius 2 is 2.37 bits per heavy atom. The first-order valence-electron chi connectivity index (χ1n) is 6.01. The van der Waals surface area contributed by atoms with Crippen LogP contribution in [-0.2, 0) is 0 Å². The minimum Gasteiger partial charge on any atom is -0.386 e. The predicted octanol–water partition coefficient (Wildman–Crippen LogP) is -1.65. The highest BCUT2D eigenvalue weighted by atomic mass is 16.3. The third kappa shape index (κ3) is 2.74. The molecule has 104 valence electrons. The first-order valence-corrected chi connectivity index (χ1v) is 6.01. The topological polar surface area (TPSA) is 133 Å². The third-order valence-electron chi connectivity index (χ3n) is 3.39. The summed E-state index contributed by atoms with van der Waals surface area (Å²) in [5.74, 6) is -1.14. The SMILES string of the molecule is CC(NC(=O)c1cc(C(N)=O)n[nH]1)C1(O)CCNC1. The van der Waals surface area contributed by atoms with Gasteiger partial charge in [0.05, 0.1) is 11.6 Å². The third-order valence-corrected chi connectivity index (χ3v) is 3.39. The number of nitrogens with zero attached hydrogens (tertiary/aromatic N) is 1. The maximum atomic E-state index is 11.9. The van der Waals surface area contributed by atoms with Crippen molar-refractivity contribution >= 4 is 11.8 Å². The molecule has 19 heavy (non-hydrogen) atoms. The molecule has 0 spiro atoms. The Morgan fingerprint density at radius 3 is 2.89 bits per heavy atom. The fourth-order valence-corrected chi connectivity index (χ4v) is 2.04. The molecule has 2 rings (SSSR count). The van der Waals surface area contributed by atoms with Crippen molar-refractivity contribution in [2.24, 2.45) is 5.73 Å². The summed E-state index contributed by atoms with van der Waals surface area (Å²) in [7, 11) is 0. The Kier molecular flexibility index (Phi) is 3.54. The number of carbonyl (C=O) groups is 2. The van der Waals surface area contributed by atoms with Crippen LogP contribution >= 0.6 is 0 Å². The highest BCUT2D eigenvalue weighted by Gasteiger charge is 2.37. The van der Waals surface area contributed by atoms with Crippen molar-refractivity contribution < 1.29 is 14.7 Å².